The van der Waals surface area contributed by atoms with E-state index in [4.69, 9.17) is 10.2 Å². The summed E-state index contributed by atoms with van der Waals surface area (Å²) < 4.78 is 31.4. The quantitative estimate of drug-likeness (QED) is 0.913. The van der Waals surface area contributed by atoms with E-state index in [1.165, 1.54) is 17.6 Å². The average molecular weight is 294 g/mol. The first-order valence-corrected chi connectivity index (χ1v) is 7.67. The van der Waals surface area contributed by atoms with Gasteiger partial charge in [-0.25, -0.2) is 8.42 Å². The van der Waals surface area contributed by atoms with Crippen LogP contribution in [0.15, 0.2) is 45.9 Å². The standard InChI is InChI=1S/C14H18N2O3S/c1-11-8-14(6-5-12(11)9-15)20(17,18)16(2)10-13-4-3-7-19-13/h3-8H,9-10,15H2,1-2H3. The highest BCUT2D eigenvalue weighted by atomic mass is 32.2. The van der Waals surface area contributed by atoms with Gasteiger partial charge < -0.3 is 10.2 Å². The summed E-state index contributed by atoms with van der Waals surface area (Å²) in [6.07, 6.45) is 1.52. The molecule has 1 heterocycles. The Balaban J connectivity index is 2.27. The first-order chi connectivity index (χ1) is 9.45. The Morgan fingerprint density at radius 3 is 2.60 bits per heavy atom. The molecule has 0 aliphatic carbocycles. The normalized spacial score (nSPS) is 12.0. The van der Waals surface area contributed by atoms with Crippen LogP contribution in [0.25, 0.3) is 0 Å². The zero-order valence-corrected chi connectivity index (χ0v) is 12.4. The van der Waals surface area contributed by atoms with Crippen LogP contribution < -0.4 is 5.73 Å². The maximum atomic E-state index is 12.5. The minimum Gasteiger partial charge on any atom is -0.468 e. The second-order valence-electron chi connectivity index (χ2n) is 4.63. The molecule has 0 unspecified atom stereocenters. The van der Waals surface area contributed by atoms with Crippen LogP contribution in [0.1, 0.15) is 16.9 Å². The summed E-state index contributed by atoms with van der Waals surface area (Å²) in [5.74, 6) is 0.603. The molecule has 108 valence electrons. The van der Waals surface area contributed by atoms with Gasteiger partial charge in [0.25, 0.3) is 0 Å². The van der Waals surface area contributed by atoms with Crippen LogP contribution in [0.3, 0.4) is 0 Å². The summed E-state index contributed by atoms with van der Waals surface area (Å²) in [7, 11) is -2.00. The fourth-order valence-corrected chi connectivity index (χ4v) is 3.17. The predicted molar refractivity (Wildman–Crippen MR) is 76.4 cm³/mol. The Kier molecular flexibility index (Phi) is 4.27. The van der Waals surface area contributed by atoms with Gasteiger partial charge in [0.2, 0.25) is 10.0 Å². The van der Waals surface area contributed by atoms with E-state index in [1.54, 1.807) is 30.3 Å². The monoisotopic (exact) mass is 294 g/mol. The molecule has 1 aromatic carbocycles. The molecule has 20 heavy (non-hydrogen) atoms. The summed E-state index contributed by atoms with van der Waals surface area (Å²) >= 11 is 0. The average Bonchev–Trinajstić information content (AvgIpc) is 2.91. The molecule has 0 atom stereocenters. The highest BCUT2D eigenvalue weighted by Gasteiger charge is 2.22. The van der Waals surface area contributed by atoms with Gasteiger partial charge in [-0.15, -0.1) is 0 Å². The van der Waals surface area contributed by atoms with Gasteiger partial charge in [-0.2, -0.15) is 4.31 Å². The number of hydrogen-bond acceptors (Lipinski definition) is 4. The lowest BCUT2D eigenvalue weighted by Gasteiger charge is -2.17. The number of hydrogen-bond donors (Lipinski definition) is 1. The van der Waals surface area contributed by atoms with Crippen LogP contribution in [0.4, 0.5) is 0 Å². The minimum atomic E-state index is -3.53. The van der Waals surface area contributed by atoms with Gasteiger partial charge in [0, 0.05) is 13.6 Å². The molecule has 2 N–H and O–H groups in total. The zero-order valence-electron chi connectivity index (χ0n) is 11.5. The van der Waals surface area contributed by atoms with E-state index in [0.717, 1.165) is 11.1 Å². The lowest BCUT2D eigenvalue weighted by Crippen LogP contribution is -2.26. The highest BCUT2D eigenvalue weighted by Crippen LogP contribution is 2.20. The van der Waals surface area contributed by atoms with E-state index >= 15 is 0 Å². The summed E-state index contributed by atoms with van der Waals surface area (Å²) in [5.41, 5.74) is 7.40. The summed E-state index contributed by atoms with van der Waals surface area (Å²) in [4.78, 5) is 0.265. The Bertz CT molecular complexity index is 678. The van der Waals surface area contributed by atoms with Crippen LogP contribution in [0.5, 0.6) is 0 Å². The third kappa shape index (κ3) is 2.92. The Morgan fingerprint density at radius 2 is 2.05 bits per heavy atom. The molecule has 5 nitrogen and oxygen atoms in total. The molecule has 0 radical (unpaired) electrons. The van der Waals surface area contributed by atoms with Gasteiger partial charge in [-0.05, 0) is 42.3 Å². The van der Waals surface area contributed by atoms with Crippen molar-refractivity contribution in [2.75, 3.05) is 7.05 Å². The number of nitrogens with two attached hydrogens (primary N) is 1. The maximum absolute atomic E-state index is 12.5. The molecule has 0 bridgehead atoms. The van der Waals surface area contributed by atoms with Crippen molar-refractivity contribution in [3.63, 3.8) is 0 Å². The van der Waals surface area contributed by atoms with E-state index in [0.29, 0.717) is 12.3 Å². The van der Waals surface area contributed by atoms with Crippen LogP contribution in [0, 0.1) is 6.92 Å². The molecule has 0 aliphatic rings. The van der Waals surface area contributed by atoms with E-state index in [-0.39, 0.29) is 11.4 Å². The Hall–Kier alpha value is -1.63. The third-order valence-corrected chi connectivity index (χ3v) is 5.00. The fraction of sp³-hybridized carbons (Fsp3) is 0.286. The van der Waals surface area contributed by atoms with Gasteiger partial charge in [0.05, 0.1) is 17.7 Å². The van der Waals surface area contributed by atoms with Gasteiger partial charge in [-0.3, -0.25) is 0 Å². The largest absolute Gasteiger partial charge is 0.468 e. The van der Waals surface area contributed by atoms with Crippen molar-refractivity contribution >= 4 is 10.0 Å². The summed E-state index contributed by atoms with van der Waals surface area (Å²) in [6, 6.07) is 8.47. The van der Waals surface area contributed by atoms with Crippen molar-refractivity contribution in [3.8, 4) is 0 Å². The van der Waals surface area contributed by atoms with E-state index in [2.05, 4.69) is 0 Å². The first-order valence-electron chi connectivity index (χ1n) is 6.23. The maximum Gasteiger partial charge on any atom is 0.243 e. The SMILES string of the molecule is Cc1cc(S(=O)(=O)N(C)Cc2ccco2)ccc1CN. The second kappa shape index (κ2) is 5.78. The van der Waals surface area contributed by atoms with Crippen molar-refractivity contribution in [1.29, 1.82) is 0 Å². The van der Waals surface area contributed by atoms with Crippen molar-refractivity contribution in [1.82, 2.24) is 4.31 Å². The molecule has 0 spiro atoms. The number of aryl methyl sites for hydroxylation is 1. The van der Waals surface area contributed by atoms with Crippen LogP contribution in [-0.2, 0) is 23.1 Å². The molecule has 0 aliphatic heterocycles. The molecular weight excluding hydrogens is 276 g/mol. The lowest BCUT2D eigenvalue weighted by molar-refractivity contribution is 0.406. The number of sulfonamides is 1. The first kappa shape index (κ1) is 14.8. The molecule has 0 saturated carbocycles. The Labute approximate surface area is 119 Å². The number of nitrogens with zero attached hydrogens (tertiary/aromatic N) is 1. The Morgan fingerprint density at radius 1 is 1.30 bits per heavy atom. The fourth-order valence-electron chi connectivity index (χ4n) is 1.94. The zero-order chi connectivity index (χ0) is 14.8. The van der Waals surface area contributed by atoms with Gasteiger partial charge in [0.15, 0.2) is 0 Å². The van der Waals surface area contributed by atoms with Crippen LogP contribution in [0.2, 0.25) is 0 Å². The highest BCUT2D eigenvalue weighted by molar-refractivity contribution is 7.89. The van der Waals surface area contributed by atoms with Gasteiger partial charge >= 0.3 is 0 Å². The van der Waals surface area contributed by atoms with E-state index < -0.39 is 10.0 Å². The van der Waals surface area contributed by atoms with Crippen molar-refractivity contribution in [2.24, 2.45) is 5.73 Å². The van der Waals surface area contributed by atoms with Crippen molar-refractivity contribution in [3.05, 3.63) is 53.5 Å². The van der Waals surface area contributed by atoms with E-state index in [1.807, 2.05) is 6.92 Å². The van der Waals surface area contributed by atoms with Gasteiger partial charge in [-0.1, -0.05) is 6.07 Å². The van der Waals surface area contributed by atoms with E-state index in [9.17, 15) is 8.42 Å². The topological polar surface area (TPSA) is 76.5 Å². The van der Waals surface area contributed by atoms with Gasteiger partial charge in [0.1, 0.15) is 5.76 Å². The molecule has 2 aromatic rings. The second-order valence-corrected chi connectivity index (χ2v) is 6.68. The van der Waals surface area contributed by atoms with Crippen molar-refractivity contribution < 1.29 is 12.8 Å². The molecule has 0 fully saturated rings. The number of furan rings is 1. The molecule has 6 heteroatoms. The third-order valence-electron chi connectivity index (χ3n) is 3.20. The molecule has 2 rings (SSSR count). The molecular formula is C14H18N2O3S. The lowest BCUT2D eigenvalue weighted by atomic mass is 10.1. The number of rotatable bonds is 5. The smallest absolute Gasteiger partial charge is 0.243 e. The minimum absolute atomic E-state index is 0.201. The predicted octanol–water partition coefficient (Wildman–Crippen LogP) is 1.87. The van der Waals surface area contributed by atoms with Crippen molar-refractivity contribution in [2.45, 2.75) is 24.9 Å². The van der Waals surface area contributed by atoms with Crippen LogP contribution in [-0.4, -0.2) is 19.8 Å². The summed E-state index contributed by atoms with van der Waals surface area (Å²) in [6.45, 7) is 2.45. The molecule has 0 saturated heterocycles. The number of benzene rings is 1. The molecule has 1 aromatic heterocycles. The summed E-state index contributed by atoms with van der Waals surface area (Å²) in [5, 5.41) is 0. The molecule has 0 amide bonds. The van der Waals surface area contributed by atoms with Crippen LogP contribution >= 0.6 is 0 Å².